The number of nitrogens with two attached hydrogens (primary N) is 1. The lowest BCUT2D eigenvalue weighted by molar-refractivity contribution is 0.0751. The Bertz CT molecular complexity index is 807. The van der Waals surface area contributed by atoms with Crippen LogP contribution in [-0.2, 0) is 0 Å². The Kier molecular flexibility index (Phi) is 7.44. The highest BCUT2D eigenvalue weighted by atomic mass is 127. The molecule has 0 aliphatic heterocycles. The fourth-order valence-corrected chi connectivity index (χ4v) is 2.84. The van der Waals surface area contributed by atoms with Gasteiger partial charge in [0.05, 0.1) is 30.7 Å². The van der Waals surface area contributed by atoms with Crippen molar-refractivity contribution in [2.75, 3.05) is 18.5 Å². The molecule has 5 N–H and O–H groups in total. The van der Waals surface area contributed by atoms with Gasteiger partial charge in [-0.15, -0.1) is 0 Å². The van der Waals surface area contributed by atoms with E-state index in [-0.39, 0.29) is 40.7 Å². The molecular weight excluding hydrogens is 478 g/mol. The third kappa shape index (κ3) is 5.44. The van der Waals surface area contributed by atoms with Gasteiger partial charge in [0.25, 0.3) is 5.91 Å². The van der Waals surface area contributed by atoms with Gasteiger partial charge < -0.3 is 26.0 Å². The zero-order chi connectivity index (χ0) is 19.3. The second-order valence-electron chi connectivity index (χ2n) is 5.41. The van der Waals surface area contributed by atoms with Crippen molar-refractivity contribution in [1.29, 1.82) is 0 Å². The molecule has 0 fully saturated rings. The highest BCUT2D eigenvalue weighted by Crippen LogP contribution is 2.34. The Morgan fingerprint density at radius 3 is 2.69 bits per heavy atom. The fraction of sp³-hybridized carbons (Fsp3) is 0.235. The molecule has 0 aliphatic carbocycles. The molecular formula is C17H17ClFIN2O4. The Hall–Kier alpha value is -1.62. The number of anilines is 2. The average Bonchev–Trinajstić information content (AvgIpc) is 2.56. The van der Waals surface area contributed by atoms with Gasteiger partial charge >= 0.3 is 0 Å². The van der Waals surface area contributed by atoms with E-state index in [1.807, 2.05) is 22.6 Å². The van der Waals surface area contributed by atoms with E-state index in [1.165, 1.54) is 24.3 Å². The fourth-order valence-electron chi connectivity index (χ4n) is 2.18. The van der Waals surface area contributed by atoms with E-state index in [4.69, 9.17) is 27.2 Å². The van der Waals surface area contributed by atoms with Crippen LogP contribution in [0.1, 0.15) is 16.8 Å². The third-order valence-electron chi connectivity index (χ3n) is 3.43. The van der Waals surface area contributed by atoms with Gasteiger partial charge in [0.2, 0.25) is 0 Å². The summed E-state index contributed by atoms with van der Waals surface area (Å²) in [6, 6.07) is 7.41. The second kappa shape index (κ2) is 9.36. The van der Waals surface area contributed by atoms with E-state index in [0.29, 0.717) is 0 Å². The van der Waals surface area contributed by atoms with E-state index >= 15 is 0 Å². The number of carbonyl (C=O) groups is 1. The average molecular weight is 495 g/mol. The predicted molar refractivity (Wildman–Crippen MR) is 106 cm³/mol. The molecule has 0 saturated heterocycles. The number of amides is 1. The molecule has 2 aromatic rings. The Labute approximate surface area is 168 Å². The van der Waals surface area contributed by atoms with Crippen molar-refractivity contribution in [1.82, 2.24) is 0 Å². The Morgan fingerprint density at radius 1 is 1.35 bits per heavy atom. The van der Waals surface area contributed by atoms with Crippen LogP contribution in [0, 0.1) is 9.39 Å². The van der Waals surface area contributed by atoms with Crippen molar-refractivity contribution in [3.63, 3.8) is 0 Å². The van der Waals surface area contributed by atoms with Crippen LogP contribution >= 0.6 is 34.2 Å². The van der Waals surface area contributed by atoms with Gasteiger partial charge in [0.1, 0.15) is 17.1 Å². The summed E-state index contributed by atoms with van der Waals surface area (Å²) in [5.41, 5.74) is 5.80. The number of rotatable bonds is 8. The molecule has 6 nitrogen and oxygen atoms in total. The highest BCUT2D eigenvalue weighted by Gasteiger charge is 2.18. The van der Waals surface area contributed by atoms with Crippen LogP contribution in [0.15, 0.2) is 30.3 Å². The minimum absolute atomic E-state index is 0.00541. The largest absolute Gasteiger partial charge is 0.493 e. The molecule has 1 atom stereocenters. The number of primary amides is 1. The summed E-state index contributed by atoms with van der Waals surface area (Å²) in [6.07, 6.45) is -0.792. The monoisotopic (exact) mass is 494 g/mol. The molecule has 0 aliphatic rings. The standard InChI is InChI=1S/C17H17ClFIN2O4/c18-9-5-14(22-13-2-1-10(20)7-12(13)19)16(17(21)25)15(6-9)26-4-3-11(24)8-23/h1-2,5-7,11,22-24H,3-4,8H2,(H2,21,25)/t11-/m1/s1. The van der Waals surface area contributed by atoms with Crippen molar-refractivity contribution in [3.05, 3.63) is 50.3 Å². The molecule has 0 heterocycles. The minimum Gasteiger partial charge on any atom is -0.493 e. The number of ether oxygens (including phenoxy) is 1. The third-order valence-corrected chi connectivity index (χ3v) is 4.32. The van der Waals surface area contributed by atoms with Gasteiger partial charge in [0.15, 0.2) is 0 Å². The van der Waals surface area contributed by atoms with Crippen LogP contribution in [0.5, 0.6) is 5.75 Å². The molecule has 0 aromatic heterocycles. The van der Waals surface area contributed by atoms with Gasteiger partial charge in [-0.1, -0.05) is 11.6 Å². The molecule has 0 saturated carbocycles. The van der Waals surface area contributed by atoms with Crippen LogP contribution in [0.25, 0.3) is 0 Å². The van der Waals surface area contributed by atoms with Crippen LogP contribution in [0.4, 0.5) is 15.8 Å². The summed E-state index contributed by atoms with van der Waals surface area (Å²) >= 11 is 8.05. The second-order valence-corrected chi connectivity index (χ2v) is 7.10. The van der Waals surface area contributed by atoms with Gasteiger partial charge in [-0.3, -0.25) is 4.79 Å². The highest BCUT2D eigenvalue weighted by molar-refractivity contribution is 14.1. The molecule has 2 rings (SSSR count). The number of benzene rings is 2. The number of hydrogen-bond donors (Lipinski definition) is 4. The van der Waals surface area contributed by atoms with Crippen molar-refractivity contribution < 1.29 is 24.1 Å². The van der Waals surface area contributed by atoms with Crippen molar-refractivity contribution in [3.8, 4) is 5.75 Å². The molecule has 0 radical (unpaired) electrons. The maximum absolute atomic E-state index is 14.1. The molecule has 9 heteroatoms. The van der Waals surface area contributed by atoms with Gasteiger partial charge in [-0.2, -0.15) is 0 Å². The van der Waals surface area contributed by atoms with E-state index in [1.54, 1.807) is 6.07 Å². The smallest absolute Gasteiger partial charge is 0.254 e. The molecule has 0 unspecified atom stereocenters. The van der Waals surface area contributed by atoms with E-state index in [2.05, 4.69) is 5.32 Å². The molecule has 140 valence electrons. The number of aliphatic hydroxyl groups is 2. The first-order valence-corrected chi connectivity index (χ1v) is 9.04. The van der Waals surface area contributed by atoms with E-state index in [9.17, 15) is 14.3 Å². The predicted octanol–water partition coefficient (Wildman–Crippen LogP) is 3.05. The minimum atomic E-state index is -0.940. The lowest BCUT2D eigenvalue weighted by Gasteiger charge is -2.17. The number of nitrogens with one attached hydrogen (secondary N) is 1. The summed E-state index contributed by atoms with van der Waals surface area (Å²) in [5, 5.41) is 21.3. The van der Waals surface area contributed by atoms with Crippen molar-refractivity contribution in [2.45, 2.75) is 12.5 Å². The zero-order valence-electron chi connectivity index (χ0n) is 13.5. The first kappa shape index (κ1) is 20.7. The van der Waals surface area contributed by atoms with Gasteiger partial charge in [-0.05, 0) is 52.9 Å². The number of carbonyl (C=O) groups excluding carboxylic acids is 1. The first-order valence-electron chi connectivity index (χ1n) is 7.59. The number of halogens is 3. The Balaban J connectivity index is 2.34. The summed E-state index contributed by atoms with van der Waals surface area (Å²) in [7, 11) is 0. The summed E-state index contributed by atoms with van der Waals surface area (Å²) in [4.78, 5) is 11.9. The zero-order valence-corrected chi connectivity index (χ0v) is 16.4. The number of hydrogen-bond acceptors (Lipinski definition) is 5. The van der Waals surface area contributed by atoms with Gasteiger partial charge in [0, 0.05) is 15.0 Å². The quantitative estimate of drug-likeness (QED) is 0.422. The molecule has 0 spiro atoms. The molecule has 26 heavy (non-hydrogen) atoms. The number of aliphatic hydroxyl groups excluding tert-OH is 2. The topological polar surface area (TPSA) is 105 Å². The van der Waals surface area contributed by atoms with Crippen LogP contribution in [0.3, 0.4) is 0 Å². The SMILES string of the molecule is NC(=O)c1c(Nc2ccc(I)cc2F)cc(Cl)cc1OCC[C@@H](O)CO. The molecule has 1 amide bonds. The Morgan fingerprint density at radius 2 is 2.08 bits per heavy atom. The first-order chi connectivity index (χ1) is 12.3. The maximum Gasteiger partial charge on any atom is 0.254 e. The molecule has 2 aromatic carbocycles. The van der Waals surface area contributed by atoms with Crippen LogP contribution in [-0.4, -0.2) is 35.4 Å². The lowest BCUT2D eigenvalue weighted by atomic mass is 10.1. The van der Waals surface area contributed by atoms with Crippen molar-refractivity contribution >= 4 is 51.5 Å². The van der Waals surface area contributed by atoms with Crippen molar-refractivity contribution in [2.24, 2.45) is 5.73 Å². The van der Waals surface area contributed by atoms with E-state index < -0.39 is 24.4 Å². The normalized spacial score (nSPS) is 11.9. The lowest BCUT2D eigenvalue weighted by Crippen LogP contribution is -2.18. The van der Waals surface area contributed by atoms with Crippen LogP contribution in [0.2, 0.25) is 5.02 Å². The summed E-state index contributed by atoms with van der Waals surface area (Å²) < 4.78 is 20.3. The van der Waals surface area contributed by atoms with Crippen LogP contribution < -0.4 is 15.8 Å². The maximum atomic E-state index is 14.1. The molecule has 0 bridgehead atoms. The summed E-state index contributed by atoms with van der Waals surface area (Å²) in [6.45, 7) is -0.375. The van der Waals surface area contributed by atoms with Gasteiger partial charge in [-0.25, -0.2) is 4.39 Å². The van der Waals surface area contributed by atoms with E-state index in [0.717, 1.165) is 3.57 Å². The summed E-state index contributed by atoms with van der Waals surface area (Å²) in [5.74, 6) is -1.18.